The van der Waals surface area contributed by atoms with E-state index in [0.29, 0.717) is 0 Å². The number of benzene rings is 1. The summed E-state index contributed by atoms with van der Waals surface area (Å²) in [5.74, 6) is 0.831. The molecule has 0 radical (unpaired) electrons. The highest BCUT2D eigenvalue weighted by atomic mass is 125. The van der Waals surface area contributed by atoms with Crippen molar-refractivity contribution < 1.29 is 0 Å². The van der Waals surface area contributed by atoms with Crippen LogP contribution in [0.2, 0.25) is 0 Å². The van der Waals surface area contributed by atoms with Gasteiger partial charge in [0, 0.05) is 16.7 Å². The number of hydrogen-bond donors (Lipinski definition) is 1. The summed E-state index contributed by atoms with van der Waals surface area (Å²) in [6.45, 7) is 0. The Kier molecular flexibility index (Phi) is 2.20. The molecule has 3 rings (SSSR count). The number of fused-ring (bicyclic) bond motifs is 3. The first-order valence-corrected chi connectivity index (χ1v) is 5.97. The fourth-order valence-corrected chi connectivity index (χ4v) is 2.20. The summed E-state index contributed by atoms with van der Waals surface area (Å²) in [6, 6.07) is 8.15. The van der Waals surface area contributed by atoms with Gasteiger partial charge in [-0.05, 0) is 40.8 Å². The third kappa shape index (κ3) is 1.42. The van der Waals surface area contributed by atoms with Crippen LogP contribution in [0.15, 0.2) is 30.6 Å². The van der Waals surface area contributed by atoms with Gasteiger partial charge in [-0.1, -0.05) is 0 Å². The van der Waals surface area contributed by atoms with Crippen LogP contribution in [0.25, 0.3) is 16.7 Å². The van der Waals surface area contributed by atoms with Crippen LogP contribution < -0.4 is 5.32 Å². The third-order valence-corrected chi connectivity index (χ3v) is 3.18. The van der Waals surface area contributed by atoms with Gasteiger partial charge in [-0.2, -0.15) is 0 Å². The number of anilines is 1. The minimum absolute atomic E-state index is 0.831. The zero-order valence-electron chi connectivity index (χ0n) is 8.61. The van der Waals surface area contributed by atoms with Crippen LogP contribution in [0.3, 0.4) is 0 Å². The lowest BCUT2D eigenvalue weighted by Crippen LogP contribution is -1.94. The number of nitrogens with zero attached hydrogens (tertiary/aromatic N) is 3. The van der Waals surface area contributed by atoms with Crippen LogP contribution in [0.4, 0.5) is 5.82 Å². The maximum atomic E-state index is 4.56. The van der Waals surface area contributed by atoms with E-state index in [-0.39, 0.29) is 0 Å². The molecule has 5 heteroatoms. The van der Waals surface area contributed by atoms with Gasteiger partial charge in [0.2, 0.25) is 0 Å². The van der Waals surface area contributed by atoms with Gasteiger partial charge < -0.3 is 5.32 Å². The van der Waals surface area contributed by atoms with Crippen LogP contribution in [0.1, 0.15) is 0 Å². The molecule has 0 aliphatic carbocycles. The molecule has 1 aromatic carbocycles. The molecule has 0 aliphatic heterocycles. The second-order valence-corrected chi connectivity index (χ2v) is 4.74. The van der Waals surface area contributed by atoms with E-state index in [0.717, 1.165) is 22.5 Å². The number of halogens is 1. The summed E-state index contributed by atoms with van der Waals surface area (Å²) < 4.78 is 3.18. The molecule has 1 N–H and O–H groups in total. The molecule has 80 valence electrons. The maximum absolute atomic E-state index is 4.56. The van der Waals surface area contributed by atoms with E-state index >= 15 is 0 Å². The highest BCUT2D eigenvalue weighted by Crippen LogP contribution is 2.19. The van der Waals surface area contributed by atoms with Gasteiger partial charge in [0.15, 0.2) is 0 Å². The summed E-state index contributed by atoms with van der Waals surface area (Å²) in [5, 5.41) is 3.01. The van der Waals surface area contributed by atoms with Gasteiger partial charge in [0.1, 0.15) is 17.8 Å². The van der Waals surface area contributed by atoms with Crippen molar-refractivity contribution in [3.05, 3.63) is 34.2 Å². The van der Waals surface area contributed by atoms with Crippen molar-refractivity contribution in [1.29, 1.82) is 0 Å². The van der Waals surface area contributed by atoms with E-state index in [1.54, 1.807) is 6.33 Å². The average molecular weight is 322 g/mol. The third-order valence-electron chi connectivity index (χ3n) is 2.51. The van der Waals surface area contributed by atoms with E-state index in [1.807, 2.05) is 17.5 Å². The van der Waals surface area contributed by atoms with Gasteiger partial charge in [0.25, 0.3) is 0 Å². The Morgan fingerprint density at radius 2 is 2.19 bits per heavy atom. The van der Waals surface area contributed by atoms with Crippen molar-refractivity contribution in [3.63, 3.8) is 0 Å². The van der Waals surface area contributed by atoms with Crippen LogP contribution in [-0.4, -0.2) is 21.4 Å². The second-order valence-electron chi connectivity index (χ2n) is 3.50. The van der Waals surface area contributed by atoms with Gasteiger partial charge in [-0.25, -0.2) is 9.97 Å². The van der Waals surface area contributed by atoms with Crippen LogP contribution >= 0.6 is 22.6 Å². The molecule has 0 saturated heterocycles. The van der Waals surface area contributed by atoms with E-state index in [9.17, 15) is 0 Å². The lowest BCUT2D eigenvalue weighted by atomic mass is 10.3. The SMILES string of the molecule is CNc1cc2nc3cc([125I])ccc3n2cn1. The lowest BCUT2D eigenvalue weighted by molar-refractivity contribution is 1.11. The molecule has 0 spiro atoms. The first-order valence-electron chi connectivity index (χ1n) is 4.89. The van der Waals surface area contributed by atoms with Gasteiger partial charge in [-0.15, -0.1) is 0 Å². The van der Waals surface area contributed by atoms with Crippen molar-refractivity contribution in [2.75, 3.05) is 12.4 Å². The molecule has 0 amide bonds. The molecule has 0 fully saturated rings. The van der Waals surface area contributed by atoms with Crippen LogP contribution in [-0.2, 0) is 0 Å². The second kappa shape index (κ2) is 3.58. The Morgan fingerprint density at radius 1 is 1.31 bits per heavy atom. The van der Waals surface area contributed by atoms with Gasteiger partial charge in [-0.3, -0.25) is 4.40 Å². The molecule has 0 bridgehead atoms. The van der Waals surface area contributed by atoms with Crippen molar-refractivity contribution in [2.45, 2.75) is 0 Å². The first kappa shape index (κ1) is 9.83. The van der Waals surface area contributed by atoms with E-state index in [1.165, 1.54) is 3.57 Å². The summed E-state index contributed by atoms with van der Waals surface area (Å²) in [5.41, 5.74) is 3.00. The standard InChI is InChI=1S/C11H9IN4/c1-13-10-5-11-15-8-4-7(12)2-3-9(8)16(11)6-14-10/h2-6,13H,1H3/i12-2. The fraction of sp³-hybridized carbons (Fsp3) is 0.0909. The first-order chi connectivity index (χ1) is 7.78. The maximum Gasteiger partial charge on any atom is 0.142 e. The molecule has 0 aliphatic rings. The summed E-state index contributed by atoms with van der Waals surface area (Å²) in [7, 11) is 1.85. The molecule has 2 aromatic heterocycles. The quantitative estimate of drug-likeness (QED) is 0.700. The predicted octanol–water partition coefficient (Wildman–Crippen LogP) is 2.53. The topological polar surface area (TPSA) is 42.2 Å². The molecule has 3 aromatic rings. The molecule has 2 heterocycles. The van der Waals surface area contributed by atoms with Gasteiger partial charge >= 0.3 is 0 Å². The number of imidazole rings is 1. The summed E-state index contributed by atoms with van der Waals surface area (Å²) in [4.78, 5) is 8.84. The number of nitrogens with one attached hydrogen (secondary N) is 1. The van der Waals surface area contributed by atoms with Crippen molar-refractivity contribution in [2.24, 2.45) is 0 Å². The number of hydrogen-bond acceptors (Lipinski definition) is 3. The Bertz CT molecular complexity index is 674. The predicted molar refractivity (Wildman–Crippen MR) is 72.8 cm³/mol. The van der Waals surface area contributed by atoms with E-state index < -0.39 is 0 Å². The summed E-state index contributed by atoms with van der Waals surface area (Å²) >= 11 is 2.29. The minimum Gasteiger partial charge on any atom is -0.373 e. The number of aromatic nitrogens is 3. The molecule has 16 heavy (non-hydrogen) atoms. The Labute approximate surface area is 106 Å². The minimum atomic E-state index is 0.831. The average Bonchev–Trinajstić information content (AvgIpc) is 2.64. The van der Waals surface area contributed by atoms with Crippen LogP contribution in [0, 0.1) is 3.57 Å². The molecule has 0 unspecified atom stereocenters. The molecular weight excluding hydrogens is 313 g/mol. The zero-order chi connectivity index (χ0) is 11.1. The Morgan fingerprint density at radius 3 is 3.00 bits per heavy atom. The highest BCUT2D eigenvalue weighted by molar-refractivity contribution is 14.1. The molecule has 0 atom stereocenters. The smallest absolute Gasteiger partial charge is 0.142 e. The molecule has 0 saturated carbocycles. The summed E-state index contributed by atoms with van der Waals surface area (Å²) in [6.07, 6.45) is 1.80. The van der Waals surface area contributed by atoms with Crippen molar-refractivity contribution in [1.82, 2.24) is 14.4 Å². The van der Waals surface area contributed by atoms with E-state index in [4.69, 9.17) is 0 Å². The largest absolute Gasteiger partial charge is 0.373 e. The molecular formula is C11H9IN4. The number of rotatable bonds is 1. The van der Waals surface area contributed by atoms with Crippen LogP contribution in [0.5, 0.6) is 0 Å². The zero-order valence-corrected chi connectivity index (χ0v) is 10.8. The molecule has 4 nitrogen and oxygen atoms in total. The Balaban J connectivity index is 2.40. The highest BCUT2D eigenvalue weighted by Gasteiger charge is 2.05. The van der Waals surface area contributed by atoms with Gasteiger partial charge in [0.05, 0.1) is 11.0 Å². The van der Waals surface area contributed by atoms with Crippen molar-refractivity contribution >= 4 is 45.1 Å². The lowest BCUT2D eigenvalue weighted by Gasteiger charge is -1.99. The van der Waals surface area contributed by atoms with E-state index in [2.05, 4.69) is 56.1 Å². The van der Waals surface area contributed by atoms with Crippen molar-refractivity contribution in [3.8, 4) is 0 Å². The Hall–Kier alpha value is -1.37. The monoisotopic (exact) mass is 322 g/mol. The fourth-order valence-electron chi connectivity index (χ4n) is 1.73. The normalized spacial score (nSPS) is 11.1.